The number of anilines is 1. The van der Waals surface area contributed by atoms with E-state index in [1.807, 2.05) is 19.1 Å². The van der Waals surface area contributed by atoms with Gasteiger partial charge in [0.2, 0.25) is 0 Å². The number of fused-ring (bicyclic) bond motifs is 1. The maximum Gasteiger partial charge on any atom is 0.274 e. The van der Waals surface area contributed by atoms with Gasteiger partial charge in [-0.25, -0.2) is 13.1 Å². The second kappa shape index (κ2) is 7.88. The number of ether oxygens (including phenoxy) is 1. The van der Waals surface area contributed by atoms with E-state index in [1.54, 1.807) is 61.6 Å². The van der Waals surface area contributed by atoms with Gasteiger partial charge in [0.25, 0.3) is 15.6 Å². The predicted molar refractivity (Wildman–Crippen MR) is 121 cm³/mol. The van der Waals surface area contributed by atoms with Gasteiger partial charge in [0.05, 0.1) is 28.8 Å². The van der Waals surface area contributed by atoms with E-state index in [1.165, 1.54) is 11.8 Å². The number of nitrogens with one attached hydrogen (secondary N) is 1. The molecule has 0 aliphatic carbocycles. The summed E-state index contributed by atoms with van der Waals surface area (Å²) in [4.78, 5) is 12.6. The minimum Gasteiger partial charge on any atom is -0.495 e. The van der Waals surface area contributed by atoms with Crippen LogP contribution in [0.25, 0.3) is 22.0 Å². The Balaban J connectivity index is 1.84. The molecule has 4 rings (SSSR count). The first-order valence-electron chi connectivity index (χ1n) is 9.54. The molecular formula is C23H21N3O4S. The zero-order valence-electron chi connectivity index (χ0n) is 17.3. The van der Waals surface area contributed by atoms with Crippen LogP contribution in [0.3, 0.4) is 0 Å². The molecule has 1 heterocycles. The fourth-order valence-corrected chi connectivity index (χ4v) is 4.43. The number of nitrogens with zero attached hydrogens (tertiary/aromatic N) is 2. The summed E-state index contributed by atoms with van der Waals surface area (Å²) in [6.07, 6.45) is 0. The summed E-state index contributed by atoms with van der Waals surface area (Å²) in [7, 11) is -0.768. The zero-order valence-corrected chi connectivity index (χ0v) is 18.1. The molecule has 0 saturated heterocycles. The molecule has 1 aromatic heterocycles. The summed E-state index contributed by atoms with van der Waals surface area (Å²) in [6.45, 7) is 1.89. The van der Waals surface area contributed by atoms with Crippen LogP contribution in [0.4, 0.5) is 5.69 Å². The molecule has 7 nitrogen and oxygen atoms in total. The number of aromatic nitrogens is 2. The molecule has 8 heteroatoms. The van der Waals surface area contributed by atoms with Gasteiger partial charge in [0.1, 0.15) is 5.75 Å². The molecule has 0 fully saturated rings. The van der Waals surface area contributed by atoms with E-state index in [2.05, 4.69) is 9.82 Å². The van der Waals surface area contributed by atoms with Crippen LogP contribution < -0.4 is 15.0 Å². The van der Waals surface area contributed by atoms with Crippen LogP contribution in [0.5, 0.6) is 5.75 Å². The Morgan fingerprint density at radius 1 is 0.968 bits per heavy atom. The van der Waals surface area contributed by atoms with Crippen LogP contribution in [-0.4, -0.2) is 25.3 Å². The van der Waals surface area contributed by atoms with E-state index in [-0.39, 0.29) is 16.1 Å². The number of hydrogen-bond donors (Lipinski definition) is 1. The Morgan fingerprint density at radius 3 is 2.32 bits per heavy atom. The molecule has 0 spiro atoms. The van der Waals surface area contributed by atoms with Crippen molar-refractivity contribution in [2.75, 3.05) is 11.8 Å². The van der Waals surface area contributed by atoms with Crippen molar-refractivity contribution in [3.8, 4) is 17.0 Å². The van der Waals surface area contributed by atoms with Crippen molar-refractivity contribution in [3.63, 3.8) is 0 Å². The van der Waals surface area contributed by atoms with E-state index >= 15 is 0 Å². The third-order valence-corrected chi connectivity index (χ3v) is 6.39. The largest absolute Gasteiger partial charge is 0.495 e. The molecule has 0 unspecified atom stereocenters. The van der Waals surface area contributed by atoms with Gasteiger partial charge in [0, 0.05) is 18.0 Å². The van der Waals surface area contributed by atoms with Gasteiger partial charge in [-0.05, 0) is 43.3 Å². The molecule has 0 atom stereocenters. The lowest BCUT2D eigenvalue weighted by molar-refractivity contribution is 0.417. The van der Waals surface area contributed by atoms with Crippen molar-refractivity contribution in [2.24, 2.45) is 7.05 Å². The highest BCUT2D eigenvalue weighted by Gasteiger charge is 2.18. The SMILES string of the molecule is COc1ccc(-c2nn(C)c(=O)c3ccccc23)cc1NS(=O)(=O)c1ccc(C)cc1. The molecule has 0 saturated carbocycles. The van der Waals surface area contributed by atoms with Crippen molar-refractivity contribution in [2.45, 2.75) is 11.8 Å². The highest BCUT2D eigenvalue weighted by molar-refractivity contribution is 7.92. The van der Waals surface area contributed by atoms with Gasteiger partial charge in [0.15, 0.2) is 0 Å². The van der Waals surface area contributed by atoms with Crippen LogP contribution in [0.2, 0.25) is 0 Å². The third kappa shape index (κ3) is 3.89. The molecule has 0 aliphatic heterocycles. The number of methoxy groups -OCH3 is 1. The number of aryl methyl sites for hydroxylation is 2. The fourth-order valence-electron chi connectivity index (χ4n) is 3.37. The Kier molecular flexibility index (Phi) is 5.24. The fraction of sp³-hybridized carbons (Fsp3) is 0.130. The summed E-state index contributed by atoms with van der Waals surface area (Å²) in [6, 6.07) is 18.9. The van der Waals surface area contributed by atoms with E-state index in [4.69, 9.17) is 4.74 Å². The highest BCUT2D eigenvalue weighted by atomic mass is 32.2. The highest BCUT2D eigenvalue weighted by Crippen LogP contribution is 2.33. The lowest BCUT2D eigenvalue weighted by Gasteiger charge is -2.14. The lowest BCUT2D eigenvalue weighted by atomic mass is 10.0. The first-order valence-corrected chi connectivity index (χ1v) is 11.0. The van der Waals surface area contributed by atoms with Crippen molar-refractivity contribution in [1.29, 1.82) is 0 Å². The number of hydrogen-bond acceptors (Lipinski definition) is 5. The van der Waals surface area contributed by atoms with E-state index in [0.717, 1.165) is 5.56 Å². The predicted octanol–water partition coefficient (Wildman–Crippen LogP) is 3.72. The molecule has 1 N–H and O–H groups in total. The topological polar surface area (TPSA) is 90.3 Å². The van der Waals surface area contributed by atoms with Crippen LogP contribution in [-0.2, 0) is 17.1 Å². The number of rotatable bonds is 5. The Hall–Kier alpha value is -3.65. The standard InChI is InChI=1S/C23H21N3O4S/c1-15-8-11-17(12-9-15)31(28,29)25-20-14-16(10-13-21(20)30-3)22-18-6-4-5-7-19(18)23(27)26(2)24-22/h4-14,25H,1-3H3. The summed E-state index contributed by atoms with van der Waals surface area (Å²) < 4.78 is 35.1. The maximum absolute atomic E-state index is 12.9. The normalized spacial score (nSPS) is 11.5. The Bertz CT molecular complexity index is 1440. The molecule has 0 bridgehead atoms. The Morgan fingerprint density at radius 2 is 1.65 bits per heavy atom. The van der Waals surface area contributed by atoms with Crippen LogP contribution in [0.1, 0.15) is 5.56 Å². The summed E-state index contributed by atoms with van der Waals surface area (Å²) in [5.74, 6) is 0.369. The molecule has 31 heavy (non-hydrogen) atoms. The van der Waals surface area contributed by atoms with Gasteiger partial charge in [-0.3, -0.25) is 9.52 Å². The van der Waals surface area contributed by atoms with Gasteiger partial charge < -0.3 is 4.74 Å². The summed E-state index contributed by atoms with van der Waals surface area (Å²) >= 11 is 0. The molecule has 3 aromatic carbocycles. The minimum atomic E-state index is -3.82. The van der Waals surface area contributed by atoms with Crippen molar-refractivity contribution in [3.05, 3.63) is 82.6 Å². The third-order valence-electron chi connectivity index (χ3n) is 5.01. The van der Waals surface area contributed by atoms with Crippen LogP contribution in [0.15, 0.2) is 76.4 Å². The average molecular weight is 436 g/mol. The second-order valence-corrected chi connectivity index (χ2v) is 8.84. The monoisotopic (exact) mass is 435 g/mol. The molecule has 0 radical (unpaired) electrons. The van der Waals surface area contributed by atoms with E-state index < -0.39 is 10.0 Å². The first-order chi connectivity index (χ1) is 14.8. The molecule has 0 aliphatic rings. The van der Waals surface area contributed by atoms with E-state index in [0.29, 0.717) is 27.8 Å². The van der Waals surface area contributed by atoms with E-state index in [9.17, 15) is 13.2 Å². The average Bonchev–Trinajstić information content (AvgIpc) is 2.76. The zero-order chi connectivity index (χ0) is 22.2. The maximum atomic E-state index is 12.9. The Labute approximate surface area is 180 Å². The first kappa shape index (κ1) is 20.6. The summed E-state index contributed by atoms with van der Waals surface area (Å²) in [5, 5.41) is 5.64. The molecule has 158 valence electrons. The van der Waals surface area contributed by atoms with Crippen molar-refractivity contribution < 1.29 is 13.2 Å². The number of benzene rings is 3. The van der Waals surface area contributed by atoms with Crippen LogP contribution in [0, 0.1) is 6.92 Å². The van der Waals surface area contributed by atoms with Gasteiger partial charge in [-0.1, -0.05) is 35.9 Å². The molecule has 4 aromatic rings. The van der Waals surface area contributed by atoms with Crippen LogP contribution >= 0.6 is 0 Å². The smallest absolute Gasteiger partial charge is 0.274 e. The van der Waals surface area contributed by atoms with Gasteiger partial charge in [-0.2, -0.15) is 5.10 Å². The quantitative estimate of drug-likeness (QED) is 0.516. The van der Waals surface area contributed by atoms with Gasteiger partial charge >= 0.3 is 0 Å². The molecule has 0 amide bonds. The molecular weight excluding hydrogens is 414 g/mol. The van der Waals surface area contributed by atoms with Crippen molar-refractivity contribution >= 4 is 26.5 Å². The second-order valence-electron chi connectivity index (χ2n) is 7.16. The minimum absolute atomic E-state index is 0.149. The summed E-state index contributed by atoms with van der Waals surface area (Å²) in [5.41, 5.74) is 2.25. The lowest BCUT2D eigenvalue weighted by Crippen LogP contribution is -2.20. The van der Waals surface area contributed by atoms with Crippen molar-refractivity contribution in [1.82, 2.24) is 9.78 Å². The number of sulfonamides is 1. The van der Waals surface area contributed by atoms with Gasteiger partial charge in [-0.15, -0.1) is 0 Å².